The highest BCUT2D eigenvalue weighted by Gasteiger charge is 2.31. The van der Waals surface area contributed by atoms with E-state index in [4.69, 9.17) is 0 Å². The van der Waals surface area contributed by atoms with Gasteiger partial charge in [-0.25, -0.2) is 9.97 Å². The number of nitrogens with zero attached hydrogens (tertiary/aromatic N) is 2. The van der Waals surface area contributed by atoms with Gasteiger partial charge in [0.15, 0.2) is 0 Å². The van der Waals surface area contributed by atoms with Gasteiger partial charge in [0.25, 0.3) is 0 Å². The Bertz CT molecular complexity index is 1080. The quantitative estimate of drug-likeness (QED) is 0.568. The molecule has 128 valence electrons. The number of aromatic nitrogens is 2. The first-order chi connectivity index (χ1) is 12.8. The van der Waals surface area contributed by atoms with Crippen LogP contribution in [0.25, 0.3) is 20.7 Å². The van der Waals surface area contributed by atoms with E-state index in [2.05, 4.69) is 45.6 Å². The van der Waals surface area contributed by atoms with Crippen LogP contribution in [0.4, 0.5) is 5.82 Å². The van der Waals surface area contributed by atoms with Crippen molar-refractivity contribution in [2.24, 2.45) is 0 Å². The molecule has 2 aromatic heterocycles. The molecule has 2 atom stereocenters. The highest BCUT2D eigenvalue weighted by molar-refractivity contribution is 7.21. The van der Waals surface area contributed by atoms with E-state index < -0.39 is 6.10 Å². The van der Waals surface area contributed by atoms with Crippen molar-refractivity contribution in [3.63, 3.8) is 0 Å². The molecule has 2 N–H and O–H groups in total. The Morgan fingerprint density at radius 2 is 1.81 bits per heavy atom. The molecule has 2 heterocycles. The number of hydrogen-bond donors (Lipinski definition) is 2. The summed E-state index contributed by atoms with van der Waals surface area (Å²) in [5, 5.41) is 15.0. The van der Waals surface area contributed by atoms with Crippen molar-refractivity contribution in [1.29, 1.82) is 0 Å². The van der Waals surface area contributed by atoms with Crippen LogP contribution in [0.1, 0.15) is 17.2 Å². The predicted molar refractivity (Wildman–Crippen MR) is 105 cm³/mol. The largest absolute Gasteiger partial charge is 0.390 e. The van der Waals surface area contributed by atoms with Crippen molar-refractivity contribution in [3.05, 3.63) is 78.1 Å². The minimum absolute atomic E-state index is 0.149. The van der Waals surface area contributed by atoms with E-state index in [9.17, 15) is 5.11 Å². The maximum absolute atomic E-state index is 10.5. The summed E-state index contributed by atoms with van der Waals surface area (Å²) in [4.78, 5) is 11.0. The van der Waals surface area contributed by atoms with Crippen LogP contribution in [0, 0.1) is 0 Å². The second-order valence-electron chi connectivity index (χ2n) is 6.51. The van der Waals surface area contributed by atoms with Crippen LogP contribution in [0.15, 0.2) is 67.0 Å². The van der Waals surface area contributed by atoms with Gasteiger partial charge in [-0.1, -0.05) is 54.6 Å². The van der Waals surface area contributed by atoms with Crippen LogP contribution in [-0.2, 0) is 6.42 Å². The average molecular weight is 359 g/mol. The molecular weight excluding hydrogens is 342 g/mol. The molecule has 0 aliphatic heterocycles. The van der Waals surface area contributed by atoms with Crippen molar-refractivity contribution in [3.8, 4) is 10.4 Å². The molecule has 0 radical (unpaired) electrons. The SMILES string of the molecule is O[C@H]1Cc2ccccc2[C@H]1Nc1ncnc2sc(-c3ccccc3)cc12. The van der Waals surface area contributed by atoms with E-state index in [0.29, 0.717) is 6.42 Å². The second kappa shape index (κ2) is 6.20. The lowest BCUT2D eigenvalue weighted by Crippen LogP contribution is -2.21. The van der Waals surface area contributed by atoms with Crippen LogP contribution >= 0.6 is 11.3 Å². The molecule has 0 fully saturated rings. The normalized spacial score (nSPS) is 18.8. The van der Waals surface area contributed by atoms with E-state index in [1.54, 1.807) is 17.7 Å². The fraction of sp³-hybridized carbons (Fsp3) is 0.143. The van der Waals surface area contributed by atoms with Crippen LogP contribution in [0.3, 0.4) is 0 Å². The predicted octanol–water partition coefficient (Wildman–Crippen LogP) is 4.43. The summed E-state index contributed by atoms with van der Waals surface area (Å²) in [7, 11) is 0. The van der Waals surface area contributed by atoms with E-state index in [1.807, 2.05) is 30.3 Å². The fourth-order valence-electron chi connectivity index (χ4n) is 3.61. The number of hydrogen-bond acceptors (Lipinski definition) is 5. The summed E-state index contributed by atoms with van der Waals surface area (Å²) in [6, 6.07) is 20.5. The van der Waals surface area contributed by atoms with Crippen LogP contribution < -0.4 is 5.32 Å². The third kappa shape index (κ3) is 2.57. The zero-order chi connectivity index (χ0) is 17.5. The minimum Gasteiger partial charge on any atom is -0.390 e. The zero-order valence-corrected chi connectivity index (χ0v) is 14.8. The fourth-order valence-corrected chi connectivity index (χ4v) is 4.61. The van der Waals surface area contributed by atoms with Gasteiger partial charge in [-0.15, -0.1) is 11.3 Å². The van der Waals surface area contributed by atoms with Crippen molar-refractivity contribution in [1.82, 2.24) is 9.97 Å². The van der Waals surface area contributed by atoms with E-state index in [0.717, 1.165) is 26.5 Å². The van der Waals surface area contributed by atoms with Gasteiger partial charge in [-0.2, -0.15) is 0 Å². The standard InChI is InChI=1S/C21H17N3OS/c25-17-10-14-8-4-5-9-15(14)19(17)24-20-16-11-18(13-6-2-1-3-7-13)26-21(16)23-12-22-20/h1-9,11-12,17,19,25H,10H2,(H,22,23,24)/t17-,19+/m0/s1. The molecule has 0 amide bonds. The number of fused-ring (bicyclic) bond motifs is 2. The molecule has 0 bridgehead atoms. The van der Waals surface area contributed by atoms with Gasteiger partial charge in [0.05, 0.1) is 17.5 Å². The molecule has 1 aliphatic carbocycles. The zero-order valence-electron chi connectivity index (χ0n) is 14.0. The Kier molecular flexibility index (Phi) is 3.69. The van der Waals surface area contributed by atoms with Gasteiger partial charge < -0.3 is 10.4 Å². The number of aliphatic hydroxyl groups is 1. The molecule has 0 saturated carbocycles. The molecule has 0 saturated heterocycles. The van der Waals surface area contributed by atoms with Crippen molar-refractivity contribution < 1.29 is 5.11 Å². The summed E-state index contributed by atoms with van der Waals surface area (Å²) >= 11 is 1.66. The summed E-state index contributed by atoms with van der Waals surface area (Å²) in [6.45, 7) is 0. The maximum Gasteiger partial charge on any atom is 0.138 e. The Morgan fingerprint density at radius 3 is 2.69 bits per heavy atom. The Hall–Kier alpha value is -2.76. The molecule has 26 heavy (non-hydrogen) atoms. The van der Waals surface area contributed by atoms with Gasteiger partial charge in [0, 0.05) is 11.3 Å². The number of benzene rings is 2. The first-order valence-electron chi connectivity index (χ1n) is 8.62. The Morgan fingerprint density at radius 1 is 1.00 bits per heavy atom. The van der Waals surface area contributed by atoms with Gasteiger partial charge in [-0.3, -0.25) is 0 Å². The van der Waals surface area contributed by atoms with Crippen molar-refractivity contribution in [2.45, 2.75) is 18.6 Å². The second-order valence-corrected chi connectivity index (χ2v) is 7.54. The minimum atomic E-state index is -0.454. The summed E-state index contributed by atoms with van der Waals surface area (Å²) in [5.41, 5.74) is 3.51. The van der Waals surface area contributed by atoms with Gasteiger partial charge in [0.2, 0.25) is 0 Å². The molecule has 4 nitrogen and oxygen atoms in total. The van der Waals surface area contributed by atoms with E-state index >= 15 is 0 Å². The van der Waals surface area contributed by atoms with Crippen LogP contribution in [0.5, 0.6) is 0 Å². The Balaban J connectivity index is 1.55. The van der Waals surface area contributed by atoms with Crippen molar-refractivity contribution in [2.75, 3.05) is 5.32 Å². The monoisotopic (exact) mass is 359 g/mol. The molecule has 2 aromatic carbocycles. The lowest BCUT2D eigenvalue weighted by molar-refractivity contribution is 0.165. The highest BCUT2D eigenvalue weighted by atomic mass is 32.1. The summed E-state index contributed by atoms with van der Waals surface area (Å²) in [5.74, 6) is 0.772. The smallest absolute Gasteiger partial charge is 0.138 e. The van der Waals surface area contributed by atoms with E-state index in [1.165, 1.54) is 11.1 Å². The number of rotatable bonds is 3. The number of anilines is 1. The van der Waals surface area contributed by atoms with Crippen LogP contribution in [-0.4, -0.2) is 21.2 Å². The average Bonchev–Trinajstić information content (AvgIpc) is 3.25. The molecule has 0 spiro atoms. The lowest BCUT2D eigenvalue weighted by Gasteiger charge is -2.18. The van der Waals surface area contributed by atoms with Gasteiger partial charge >= 0.3 is 0 Å². The lowest BCUT2D eigenvalue weighted by atomic mass is 10.1. The molecule has 4 aromatic rings. The van der Waals surface area contributed by atoms with Crippen LogP contribution in [0.2, 0.25) is 0 Å². The summed E-state index contributed by atoms with van der Waals surface area (Å²) < 4.78 is 0. The summed E-state index contributed by atoms with van der Waals surface area (Å²) in [6.07, 6.45) is 1.80. The maximum atomic E-state index is 10.5. The highest BCUT2D eigenvalue weighted by Crippen LogP contribution is 2.38. The first-order valence-corrected chi connectivity index (χ1v) is 9.43. The molecule has 5 rings (SSSR count). The first kappa shape index (κ1) is 15.5. The number of nitrogens with one attached hydrogen (secondary N) is 1. The van der Waals surface area contributed by atoms with Gasteiger partial charge in [0.1, 0.15) is 17.0 Å². The molecule has 5 heteroatoms. The van der Waals surface area contributed by atoms with Crippen molar-refractivity contribution >= 4 is 27.4 Å². The molecule has 0 unspecified atom stereocenters. The molecular formula is C21H17N3OS. The third-order valence-corrected chi connectivity index (χ3v) is 5.98. The third-order valence-electron chi connectivity index (χ3n) is 4.88. The number of thiophene rings is 1. The molecule has 1 aliphatic rings. The topological polar surface area (TPSA) is 58.0 Å². The Labute approximate surface area is 155 Å². The number of aliphatic hydroxyl groups excluding tert-OH is 1. The van der Waals surface area contributed by atoms with E-state index in [-0.39, 0.29) is 6.04 Å². The van der Waals surface area contributed by atoms with Gasteiger partial charge in [-0.05, 0) is 22.8 Å².